The van der Waals surface area contributed by atoms with E-state index in [-0.39, 0.29) is 5.91 Å². The van der Waals surface area contributed by atoms with Crippen molar-refractivity contribution in [3.8, 4) is 0 Å². The van der Waals surface area contributed by atoms with Crippen molar-refractivity contribution in [3.05, 3.63) is 65.5 Å². The zero-order chi connectivity index (χ0) is 19.9. The van der Waals surface area contributed by atoms with E-state index in [9.17, 15) is 9.59 Å². The quantitative estimate of drug-likeness (QED) is 0.712. The van der Waals surface area contributed by atoms with E-state index in [2.05, 4.69) is 36.2 Å². The van der Waals surface area contributed by atoms with E-state index >= 15 is 0 Å². The molecule has 0 N–H and O–H groups in total. The summed E-state index contributed by atoms with van der Waals surface area (Å²) >= 11 is 0. The van der Waals surface area contributed by atoms with Crippen molar-refractivity contribution < 1.29 is 14.3 Å². The fourth-order valence-electron chi connectivity index (χ4n) is 3.88. The molecule has 0 radical (unpaired) electrons. The van der Waals surface area contributed by atoms with Crippen molar-refractivity contribution in [1.82, 2.24) is 9.80 Å². The summed E-state index contributed by atoms with van der Waals surface area (Å²) in [5.74, 6) is 1.90. The van der Waals surface area contributed by atoms with Crippen LogP contribution in [0.4, 0.5) is 0 Å². The fourth-order valence-corrected chi connectivity index (χ4v) is 3.88. The minimum Gasteiger partial charge on any atom is -0.497 e. The third-order valence-corrected chi connectivity index (χ3v) is 5.70. The number of hydrogen-bond acceptors (Lipinski definition) is 4. The summed E-state index contributed by atoms with van der Waals surface area (Å²) < 4.78 is 5.14. The first-order chi connectivity index (χ1) is 13.6. The molecule has 1 heterocycles. The number of methoxy groups -OCH3 is 1. The summed E-state index contributed by atoms with van der Waals surface area (Å²) in [6.45, 7) is 2.45. The monoisotopic (exact) mass is 380 g/mol. The van der Waals surface area contributed by atoms with Crippen LogP contribution >= 0.6 is 0 Å². The molecule has 5 heteroatoms. The lowest BCUT2D eigenvalue weighted by Crippen LogP contribution is -2.47. The Morgan fingerprint density at radius 1 is 1.25 bits per heavy atom. The van der Waals surface area contributed by atoms with Crippen LogP contribution in [0.1, 0.15) is 18.4 Å². The first-order valence-corrected chi connectivity index (χ1v) is 9.84. The Bertz CT molecular complexity index is 785. The van der Waals surface area contributed by atoms with Crippen molar-refractivity contribution in [1.29, 1.82) is 0 Å². The molecule has 5 nitrogen and oxygen atoms in total. The largest absolute Gasteiger partial charge is 0.497 e. The number of allylic oxidation sites excluding steroid dienone is 2. The normalized spacial score (nSPS) is 20.1. The van der Waals surface area contributed by atoms with Crippen molar-refractivity contribution in [2.75, 3.05) is 33.8 Å². The number of rotatable bonds is 6. The average molecular weight is 380 g/mol. The molecule has 28 heavy (non-hydrogen) atoms. The molecule has 1 aromatic rings. The van der Waals surface area contributed by atoms with Gasteiger partial charge in [0.2, 0.25) is 5.91 Å². The van der Waals surface area contributed by atoms with Crippen LogP contribution < -0.4 is 0 Å². The highest BCUT2D eigenvalue weighted by molar-refractivity contribution is 5.88. The third kappa shape index (κ3) is 4.80. The summed E-state index contributed by atoms with van der Waals surface area (Å²) in [4.78, 5) is 28.4. The minimum atomic E-state index is -0.552. The highest BCUT2D eigenvalue weighted by Gasteiger charge is 2.31. The Morgan fingerprint density at radius 2 is 1.96 bits per heavy atom. The Balaban J connectivity index is 1.51. The topological polar surface area (TPSA) is 49.9 Å². The van der Waals surface area contributed by atoms with Gasteiger partial charge < -0.3 is 14.5 Å². The number of ether oxygens (including phenoxy) is 1. The van der Waals surface area contributed by atoms with Gasteiger partial charge >= 0.3 is 0 Å². The number of nitrogens with zero attached hydrogens (tertiary/aromatic N) is 2. The SMILES string of the molecule is COC1=CC(=C=O)C(C(=O)N2CCC(N(C)CCc3ccccc3)CC2)C=C1. The maximum Gasteiger partial charge on any atom is 0.234 e. The molecule has 1 aromatic carbocycles. The molecule has 0 saturated carbocycles. The number of hydrogen-bond donors (Lipinski definition) is 0. The van der Waals surface area contributed by atoms with Gasteiger partial charge in [-0.25, -0.2) is 4.79 Å². The standard InChI is InChI=1S/C23H28N2O3/c1-24(13-10-18-6-4-3-5-7-18)20-11-14-25(15-12-20)23(27)22-9-8-21(28-2)16-19(22)17-26/h3-9,16,20,22H,10-15H2,1-2H3. The molecule has 1 unspecified atom stereocenters. The highest BCUT2D eigenvalue weighted by atomic mass is 16.5. The number of likely N-dealkylation sites (tertiary alicyclic amines) is 1. The van der Waals surface area contributed by atoms with Gasteiger partial charge in [-0.1, -0.05) is 36.4 Å². The van der Waals surface area contributed by atoms with Gasteiger partial charge in [0.15, 0.2) is 0 Å². The number of carbonyl (C=O) groups excluding carboxylic acids is 2. The van der Waals surface area contributed by atoms with E-state index in [0.29, 0.717) is 17.4 Å². The molecule has 148 valence electrons. The zero-order valence-electron chi connectivity index (χ0n) is 16.6. The molecule has 1 aliphatic carbocycles. The van der Waals surface area contributed by atoms with E-state index < -0.39 is 5.92 Å². The summed E-state index contributed by atoms with van der Waals surface area (Å²) in [6, 6.07) is 11.0. The second kappa shape index (κ2) is 9.54. The smallest absolute Gasteiger partial charge is 0.234 e. The average Bonchev–Trinajstić information content (AvgIpc) is 2.77. The molecule has 0 spiro atoms. The lowest BCUT2D eigenvalue weighted by Gasteiger charge is -2.38. The first kappa shape index (κ1) is 20.1. The van der Waals surface area contributed by atoms with Crippen LogP contribution in [-0.4, -0.2) is 61.5 Å². The summed E-state index contributed by atoms with van der Waals surface area (Å²) in [6.07, 6.45) is 8.01. The van der Waals surface area contributed by atoms with E-state index in [4.69, 9.17) is 4.74 Å². The lowest BCUT2D eigenvalue weighted by atomic mass is 9.92. The second-order valence-corrected chi connectivity index (χ2v) is 7.42. The molecular formula is C23H28N2O3. The van der Waals surface area contributed by atoms with Crippen LogP contribution in [0.25, 0.3) is 0 Å². The Hall–Kier alpha value is -2.62. The van der Waals surface area contributed by atoms with Gasteiger partial charge in [-0.15, -0.1) is 0 Å². The molecule has 2 aliphatic rings. The summed E-state index contributed by atoms with van der Waals surface area (Å²) in [5.41, 5.74) is 1.69. The van der Waals surface area contributed by atoms with Crippen LogP contribution in [0.5, 0.6) is 0 Å². The first-order valence-electron chi connectivity index (χ1n) is 9.84. The van der Waals surface area contributed by atoms with E-state index in [1.807, 2.05) is 16.9 Å². The number of piperidine rings is 1. The van der Waals surface area contributed by atoms with Gasteiger partial charge in [-0.3, -0.25) is 4.79 Å². The summed E-state index contributed by atoms with van der Waals surface area (Å²) in [5, 5.41) is 0. The van der Waals surface area contributed by atoms with E-state index in [1.54, 1.807) is 25.3 Å². The number of likely N-dealkylation sites (N-methyl/N-ethyl adjacent to an activating group) is 1. The highest BCUT2D eigenvalue weighted by Crippen LogP contribution is 2.25. The van der Waals surface area contributed by atoms with Gasteiger partial charge in [0.25, 0.3) is 0 Å². The zero-order valence-corrected chi connectivity index (χ0v) is 16.6. The van der Waals surface area contributed by atoms with Gasteiger partial charge in [0, 0.05) is 25.7 Å². The molecule has 0 bridgehead atoms. The predicted octanol–water partition coefficient (Wildman–Crippen LogP) is 2.63. The van der Waals surface area contributed by atoms with Crippen molar-refractivity contribution in [2.24, 2.45) is 5.92 Å². The van der Waals surface area contributed by atoms with Gasteiger partial charge in [0.05, 0.1) is 18.6 Å². The predicted molar refractivity (Wildman–Crippen MR) is 109 cm³/mol. The summed E-state index contributed by atoms with van der Waals surface area (Å²) in [7, 11) is 3.71. The van der Waals surface area contributed by atoms with Crippen LogP contribution in [0.15, 0.2) is 59.9 Å². The molecule has 1 atom stereocenters. The Labute approximate surface area is 167 Å². The molecule has 1 fully saturated rings. The Morgan fingerprint density at radius 3 is 2.61 bits per heavy atom. The van der Waals surface area contributed by atoms with Gasteiger partial charge in [-0.05, 0) is 44.0 Å². The fraction of sp³-hybridized carbons (Fsp3) is 0.435. The Kier molecular flexibility index (Phi) is 6.85. The molecule has 1 aliphatic heterocycles. The molecule has 3 rings (SSSR count). The number of amides is 1. The molecular weight excluding hydrogens is 352 g/mol. The molecule has 1 amide bonds. The maximum atomic E-state index is 12.9. The molecule has 0 aromatic heterocycles. The van der Waals surface area contributed by atoms with Gasteiger partial charge in [0.1, 0.15) is 11.7 Å². The van der Waals surface area contributed by atoms with Crippen molar-refractivity contribution >= 4 is 11.8 Å². The van der Waals surface area contributed by atoms with Crippen molar-refractivity contribution in [3.63, 3.8) is 0 Å². The van der Waals surface area contributed by atoms with Crippen LogP contribution in [0, 0.1) is 5.92 Å². The third-order valence-electron chi connectivity index (χ3n) is 5.70. The van der Waals surface area contributed by atoms with Gasteiger partial charge in [-0.2, -0.15) is 0 Å². The minimum absolute atomic E-state index is 0.0219. The maximum absolute atomic E-state index is 12.9. The van der Waals surface area contributed by atoms with Crippen LogP contribution in [-0.2, 0) is 20.7 Å². The molecule has 1 saturated heterocycles. The van der Waals surface area contributed by atoms with E-state index in [0.717, 1.165) is 38.9 Å². The lowest BCUT2D eigenvalue weighted by molar-refractivity contribution is -0.134. The van der Waals surface area contributed by atoms with Crippen LogP contribution in [0.2, 0.25) is 0 Å². The number of carbonyl (C=O) groups is 1. The second-order valence-electron chi connectivity index (χ2n) is 7.42. The van der Waals surface area contributed by atoms with E-state index in [1.165, 1.54) is 5.56 Å². The van der Waals surface area contributed by atoms with Crippen LogP contribution in [0.3, 0.4) is 0 Å². The van der Waals surface area contributed by atoms with Crippen molar-refractivity contribution in [2.45, 2.75) is 25.3 Å². The number of benzene rings is 1.